The smallest absolute Gasteiger partial charge is 0.224 e. The molecule has 0 amide bonds. The molecule has 0 fully saturated rings. The van der Waals surface area contributed by atoms with Crippen LogP contribution in [0.1, 0.15) is 18.3 Å². The summed E-state index contributed by atoms with van der Waals surface area (Å²) in [6, 6.07) is 7.64. The maximum absolute atomic E-state index is 5.88. The van der Waals surface area contributed by atoms with Gasteiger partial charge in [0.2, 0.25) is 5.88 Å². The summed E-state index contributed by atoms with van der Waals surface area (Å²) >= 11 is 3.44. The fourth-order valence-corrected chi connectivity index (χ4v) is 2.05. The zero-order valence-electron chi connectivity index (χ0n) is 12.3. The molecule has 5 nitrogen and oxygen atoms in total. The Morgan fingerprint density at radius 1 is 1.24 bits per heavy atom. The monoisotopic (exact) mass is 351 g/mol. The lowest BCUT2D eigenvalue weighted by Gasteiger charge is -2.11. The molecule has 1 N–H and O–H groups in total. The number of ether oxygens (including phenoxy) is 2. The van der Waals surface area contributed by atoms with Crippen LogP contribution in [-0.4, -0.2) is 23.6 Å². The van der Waals surface area contributed by atoms with Crippen molar-refractivity contribution >= 4 is 21.7 Å². The van der Waals surface area contributed by atoms with Crippen LogP contribution in [0.15, 0.2) is 28.7 Å². The summed E-state index contributed by atoms with van der Waals surface area (Å²) in [5.74, 6) is 2.53. The van der Waals surface area contributed by atoms with E-state index >= 15 is 0 Å². The van der Waals surface area contributed by atoms with Gasteiger partial charge in [-0.2, -0.15) is 4.98 Å². The van der Waals surface area contributed by atoms with Crippen LogP contribution in [0.2, 0.25) is 0 Å². The minimum absolute atomic E-state index is 0.361. The second-order valence-corrected chi connectivity index (χ2v) is 5.32. The average molecular weight is 352 g/mol. The van der Waals surface area contributed by atoms with Crippen LogP contribution in [0.4, 0.5) is 5.82 Å². The molecule has 0 radical (unpaired) electrons. The number of aromatic nitrogens is 2. The molecular formula is C15H18BrN3O2. The van der Waals surface area contributed by atoms with Crippen molar-refractivity contribution in [2.24, 2.45) is 0 Å². The predicted octanol–water partition coefficient (Wildman–Crippen LogP) is 3.92. The maximum Gasteiger partial charge on any atom is 0.224 e. The van der Waals surface area contributed by atoms with Gasteiger partial charge in [0.15, 0.2) is 5.82 Å². The van der Waals surface area contributed by atoms with Crippen molar-refractivity contribution in [3.05, 3.63) is 40.1 Å². The quantitative estimate of drug-likeness (QED) is 0.854. The second-order valence-electron chi connectivity index (χ2n) is 4.41. The molecule has 0 aliphatic carbocycles. The van der Waals surface area contributed by atoms with Gasteiger partial charge >= 0.3 is 0 Å². The van der Waals surface area contributed by atoms with Gasteiger partial charge in [-0.1, -0.05) is 22.0 Å². The molecule has 21 heavy (non-hydrogen) atoms. The van der Waals surface area contributed by atoms with Crippen molar-refractivity contribution in [2.75, 3.05) is 19.0 Å². The number of hydrogen-bond acceptors (Lipinski definition) is 5. The largest absolute Gasteiger partial charge is 0.439 e. The van der Waals surface area contributed by atoms with Crippen LogP contribution < -0.4 is 10.1 Å². The Bertz CT molecular complexity index is 620. The molecule has 0 aliphatic heterocycles. The van der Waals surface area contributed by atoms with Gasteiger partial charge in [-0.3, -0.25) is 0 Å². The van der Waals surface area contributed by atoms with E-state index in [1.807, 2.05) is 32.0 Å². The first-order chi connectivity index (χ1) is 10.1. The van der Waals surface area contributed by atoms with Crippen LogP contribution in [-0.2, 0) is 11.3 Å². The molecule has 2 rings (SSSR count). The van der Waals surface area contributed by atoms with E-state index in [1.165, 1.54) is 0 Å². The number of aryl methyl sites for hydroxylation is 1. The van der Waals surface area contributed by atoms with E-state index in [0.717, 1.165) is 15.8 Å². The number of nitrogens with zero attached hydrogens (tertiary/aromatic N) is 2. The van der Waals surface area contributed by atoms with E-state index in [2.05, 4.69) is 31.2 Å². The van der Waals surface area contributed by atoms with Gasteiger partial charge in [-0.25, -0.2) is 4.98 Å². The molecule has 0 atom stereocenters. The summed E-state index contributed by atoms with van der Waals surface area (Å²) in [6.07, 6.45) is 0. The van der Waals surface area contributed by atoms with Crippen LogP contribution in [0.5, 0.6) is 11.6 Å². The van der Waals surface area contributed by atoms with Gasteiger partial charge in [-0.15, -0.1) is 0 Å². The molecule has 1 aromatic carbocycles. The van der Waals surface area contributed by atoms with Crippen LogP contribution >= 0.6 is 15.9 Å². The SMILES string of the molecule is CCOCc1nc(NC)cc(Oc2cc(Br)ccc2C)n1. The minimum Gasteiger partial charge on any atom is -0.439 e. The summed E-state index contributed by atoms with van der Waals surface area (Å²) in [7, 11) is 1.81. The molecule has 6 heteroatoms. The lowest BCUT2D eigenvalue weighted by atomic mass is 10.2. The highest BCUT2D eigenvalue weighted by atomic mass is 79.9. The second kappa shape index (κ2) is 7.38. The predicted molar refractivity (Wildman–Crippen MR) is 85.9 cm³/mol. The van der Waals surface area contributed by atoms with Gasteiger partial charge in [0.1, 0.15) is 18.2 Å². The van der Waals surface area contributed by atoms with Gasteiger partial charge in [0, 0.05) is 24.2 Å². The molecule has 1 aromatic heterocycles. The molecule has 2 aromatic rings. The first kappa shape index (κ1) is 15.7. The van der Waals surface area contributed by atoms with Crippen molar-refractivity contribution in [2.45, 2.75) is 20.5 Å². The molecule has 0 saturated heterocycles. The van der Waals surface area contributed by atoms with Crippen molar-refractivity contribution < 1.29 is 9.47 Å². The molecule has 0 aliphatic rings. The van der Waals surface area contributed by atoms with E-state index in [9.17, 15) is 0 Å². The summed E-state index contributed by atoms with van der Waals surface area (Å²) in [5, 5.41) is 3.00. The Morgan fingerprint density at radius 2 is 2.05 bits per heavy atom. The third kappa shape index (κ3) is 4.41. The summed E-state index contributed by atoms with van der Waals surface area (Å²) in [6.45, 7) is 4.90. The van der Waals surface area contributed by atoms with Gasteiger partial charge in [0.05, 0.1) is 0 Å². The molecule has 112 valence electrons. The Morgan fingerprint density at radius 3 is 2.76 bits per heavy atom. The Kier molecular flexibility index (Phi) is 5.52. The van der Waals surface area contributed by atoms with E-state index in [0.29, 0.717) is 30.7 Å². The zero-order chi connectivity index (χ0) is 15.2. The number of nitrogens with one attached hydrogen (secondary N) is 1. The standard InChI is InChI=1S/C15H18BrN3O2/c1-4-20-9-14-18-13(17-3)8-15(19-14)21-12-7-11(16)6-5-10(12)2/h5-8H,4,9H2,1-3H3,(H,17,18,19). The fraction of sp³-hybridized carbons (Fsp3) is 0.333. The first-order valence-electron chi connectivity index (χ1n) is 6.70. The molecule has 0 spiro atoms. The van der Waals surface area contributed by atoms with Crippen molar-refractivity contribution in [1.29, 1.82) is 0 Å². The van der Waals surface area contributed by atoms with Crippen molar-refractivity contribution in [1.82, 2.24) is 9.97 Å². The lowest BCUT2D eigenvalue weighted by molar-refractivity contribution is 0.128. The van der Waals surface area contributed by atoms with E-state index in [-0.39, 0.29) is 0 Å². The Labute approximate surface area is 132 Å². The molecule has 0 saturated carbocycles. The van der Waals surface area contributed by atoms with E-state index in [1.54, 1.807) is 13.1 Å². The number of benzene rings is 1. The third-order valence-electron chi connectivity index (χ3n) is 2.81. The average Bonchev–Trinajstić information content (AvgIpc) is 2.48. The summed E-state index contributed by atoms with van der Waals surface area (Å²) in [5.41, 5.74) is 1.04. The van der Waals surface area contributed by atoms with Gasteiger partial charge in [-0.05, 0) is 31.5 Å². The molecule has 0 unspecified atom stereocenters. The Balaban J connectivity index is 2.27. The number of rotatable bonds is 6. The zero-order valence-corrected chi connectivity index (χ0v) is 13.9. The molecule has 1 heterocycles. The van der Waals surface area contributed by atoms with Crippen LogP contribution in [0.25, 0.3) is 0 Å². The highest BCUT2D eigenvalue weighted by Gasteiger charge is 2.08. The summed E-state index contributed by atoms with van der Waals surface area (Å²) < 4.78 is 12.2. The van der Waals surface area contributed by atoms with E-state index in [4.69, 9.17) is 9.47 Å². The fourth-order valence-electron chi connectivity index (χ4n) is 1.71. The van der Waals surface area contributed by atoms with Gasteiger partial charge in [0.25, 0.3) is 0 Å². The highest BCUT2D eigenvalue weighted by Crippen LogP contribution is 2.28. The highest BCUT2D eigenvalue weighted by molar-refractivity contribution is 9.10. The molecular weight excluding hydrogens is 334 g/mol. The van der Waals surface area contributed by atoms with Gasteiger partial charge < -0.3 is 14.8 Å². The topological polar surface area (TPSA) is 56.3 Å². The van der Waals surface area contributed by atoms with E-state index < -0.39 is 0 Å². The third-order valence-corrected chi connectivity index (χ3v) is 3.30. The molecule has 0 bridgehead atoms. The van der Waals surface area contributed by atoms with Crippen LogP contribution in [0, 0.1) is 6.92 Å². The number of anilines is 1. The first-order valence-corrected chi connectivity index (χ1v) is 7.49. The maximum atomic E-state index is 5.88. The lowest BCUT2D eigenvalue weighted by Crippen LogP contribution is -2.04. The van der Waals surface area contributed by atoms with Crippen molar-refractivity contribution in [3.63, 3.8) is 0 Å². The number of hydrogen-bond donors (Lipinski definition) is 1. The number of halogens is 1. The van der Waals surface area contributed by atoms with Crippen LogP contribution in [0.3, 0.4) is 0 Å². The normalized spacial score (nSPS) is 10.5. The summed E-state index contributed by atoms with van der Waals surface area (Å²) in [4.78, 5) is 8.71. The Hall–Kier alpha value is -1.66. The minimum atomic E-state index is 0.361. The van der Waals surface area contributed by atoms with Crippen molar-refractivity contribution in [3.8, 4) is 11.6 Å².